The molecule has 2 aliphatic rings. The molecule has 2 amide bonds. The first-order chi connectivity index (χ1) is 17.1. The smallest absolute Gasteiger partial charge is 0.269 e. The lowest BCUT2D eigenvalue weighted by atomic mass is 9.91. The molecule has 10 heteroatoms. The van der Waals surface area contributed by atoms with Crippen LogP contribution in [0.25, 0.3) is 10.2 Å². The van der Waals surface area contributed by atoms with Crippen LogP contribution < -0.4 is 20.7 Å². The molecule has 1 atom stereocenters. The van der Waals surface area contributed by atoms with Crippen LogP contribution in [0.2, 0.25) is 0 Å². The minimum absolute atomic E-state index is 0.0414. The molecule has 0 radical (unpaired) electrons. The van der Waals surface area contributed by atoms with Gasteiger partial charge >= 0.3 is 0 Å². The van der Waals surface area contributed by atoms with Gasteiger partial charge in [-0.25, -0.2) is 4.98 Å². The molecule has 0 unspecified atom stereocenters. The van der Waals surface area contributed by atoms with Crippen molar-refractivity contribution in [3.8, 4) is 11.5 Å². The number of benzene rings is 1. The molecule has 3 aromatic rings. The molecule has 184 valence electrons. The van der Waals surface area contributed by atoms with Gasteiger partial charge in [0.1, 0.15) is 23.3 Å². The first-order valence-corrected chi connectivity index (χ1v) is 12.8. The molecule has 2 fully saturated rings. The first kappa shape index (κ1) is 23.5. The molecule has 1 aliphatic carbocycles. The second-order valence-electron chi connectivity index (χ2n) is 8.91. The highest BCUT2D eigenvalue weighted by Crippen LogP contribution is 2.33. The Labute approximate surface area is 207 Å². The molecular formula is C25H29N5O4S. The van der Waals surface area contributed by atoms with Crippen LogP contribution in [0.4, 0.5) is 5.13 Å². The number of nitrogens with one attached hydrogen (secondary N) is 3. The highest BCUT2D eigenvalue weighted by molar-refractivity contribution is 7.22. The average molecular weight is 496 g/mol. The standard InChI is InChI=1S/C25H29N5O4S/c1-26-23(31)20-13-18(10-11-27-20)34-17-8-9-19-22(14-17)35-25(30-19)29-16-6-4-15(5-7-16)28-24(32)21-3-2-12-33-21/h8-11,13-16,21H,2-7,12H2,1H3,(H,26,31)(H,28,32)(H,29,30)/t15-,16+,21-/m1/s1. The first-order valence-electron chi connectivity index (χ1n) is 12.0. The van der Waals surface area contributed by atoms with E-state index in [4.69, 9.17) is 14.5 Å². The van der Waals surface area contributed by atoms with Gasteiger partial charge < -0.3 is 25.4 Å². The fraction of sp³-hybridized carbons (Fsp3) is 0.440. The number of carbonyl (C=O) groups excluding carboxylic acids is 2. The topological polar surface area (TPSA) is 114 Å². The molecule has 1 saturated heterocycles. The van der Waals surface area contributed by atoms with Gasteiger partial charge in [-0.15, -0.1) is 0 Å². The minimum atomic E-state index is -0.265. The lowest BCUT2D eigenvalue weighted by molar-refractivity contribution is -0.131. The SMILES string of the molecule is CNC(=O)c1cc(Oc2ccc3nc(N[C@H]4CC[C@@H](NC(=O)[C@H]5CCCO5)CC4)sc3c2)ccn1. The Hall–Kier alpha value is -3.24. The van der Waals surface area contributed by atoms with E-state index in [0.29, 0.717) is 29.8 Å². The summed E-state index contributed by atoms with van der Waals surface area (Å²) in [5.41, 5.74) is 1.21. The largest absolute Gasteiger partial charge is 0.457 e. The van der Waals surface area contributed by atoms with Crippen LogP contribution in [-0.4, -0.2) is 53.6 Å². The normalized spacial score (nSPS) is 22.0. The van der Waals surface area contributed by atoms with Crippen LogP contribution in [0, 0.1) is 0 Å². The third-order valence-electron chi connectivity index (χ3n) is 6.41. The van der Waals surface area contributed by atoms with Crippen molar-refractivity contribution in [1.29, 1.82) is 0 Å². The van der Waals surface area contributed by atoms with Gasteiger partial charge in [-0.3, -0.25) is 14.6 Å². The summed E-state index contributed by atoms with van der Waals surface area (Å²) in [4.78, 5) is 32.9. The number of aromatic nitrogens is 2. The van der Waals surface area contributed by atoms with E-state index in [9.17, 15) is 9.59 Å². The van der Waals surface area contributed by atoms with Crippen molar-refractivity contribution in [1.82, 2.24) is 20.6 Å². The van der Waals surface area contributed by atoms with Crippen LogP contribution in [0.15, 0.2) is 36.5 Å². The summed E-state index contributed by atoms with van der Waals surface area (Å²) in [5, 5.41) is 10.2. The van der Waals surface area contributed by atoms with E-state index in [1.54, 1.807) is 36.7 Å². The number of thiazole rings is 1. The monoisotopic (exact) mass is 495 g/mol. The molecule has 3 N–H and O–H groups in total. The second-order valence-corrected chi connectivity index (χ2v) is 9.94. The van der Waals surface area contributed by atoms with Gasteiger partial charge in [0.15, 0.2) is 5.13 Å². The highest BCUT2D eigenvalue weighted by Gasteiger charge is 2.28. The highest BCUT2D eigenvalue weighted by atomic mass is 32.1. The number of pyridine rings is 1. The molecule has 1 aromatic carbocycles. The maximum Gasteiger partial charge on any atom is 0.269 e. The van der Waals surface area contributed by atoms with Gasteiger partial charge in [-0.05, 0) is 56.7 Å². The number of rotatable bonds is 7. The Morgan fingerprint density at radius 3 is 2.63 bits per heavy atom. The fourth-order valence-corrected chi connectivity index (χ4v) is 5.50. The zero-order valence-electron chi connectivity index (χ0n) is 19.6. The van der Waals surface area contributed by atoms with Crippen molar-refractivity contribution in [2.75, 3.05) is 19.0 Å². The van der Waals surface area contributed by atoms with E-state index in [0.717, 1.165) is 53.9 Å². The Morgan fingerprint density at radius 2 is 1.86 bits per heavy atom. The van der Waals surface area contributed by atoms with Gasteiger partial charge in [0.2, 0.25) is 5.91 Å². The van der Waals surface area contributed by atoms with Crippen LogP contribution in [0.3, 0.4) is 0 Å². The summed E-state index contributed by atoms with van der Waals surface area (Å²) < 4.78 is 12.5. The van der Waals surface area contributed by atoms with Gasteiger partial charge in [0, 0.05) is 44.1 Å². The van der Waals surface area contributed by atoms with Gasteiger partial charge in [-0.2, -0.15) is 0 Å². The predicted octanol–water partition coefficient (Wildman–Crippen LogP) is 3.86. The number of hydrogen-bond donors (Lipinski definition) is 3. The molecule has 2 aromatic heterocycles. The van der Waals surface area contributed by atoms with Crippen LogP contribution in [-0.2, 0) is 9.53 Å². The van der Waals surface area contributed by atoms with Crippen molar-refractivity contribution in [2.24, 2.45) is 0 Å². The maximum absolute atomic E-state index is 12.3. The Morgan fingerprint density at radius 1 is 1.06 bits per heavy atom. The van der Waals surface area contributed by atoms with Crippen molar-refractivity contribution in [3.63, 3.8) is 0 Å². The zero-order valence-corrected chi connectivity index (χ0v) is 20.4. The molecule has 9 nitrogen and oxygen atoms in total. The minimum Gasteiger partial charge on any atom is -0.457 e. The molecule has 35 heavy (non-hydrogen) atoms. The zero-order chi connectivity index (χ0) is 24.2. The third-order valence-corrected chi connectivity index (χ3v) is 7.36. The summed E-state index contributed by atoms with van der Waals surface area (Å²) in [6, 6.07) is 9.64. The lowest BCUT2D eigenvalue weighted by Crippen LogP contribution is -2.44. The summed E-state index contributed by atoms with van der Waals surface area (Å²) in [6.07, 6.45) is 6.94. The number of hydrogen-bond acceptors (Lipinski definition) is 8. The lowest BCUT2D eigenvalue weighted by Gasteiger charge is -2.30. The Bertz CT molecular complexity index is 1200. The quantitative estimate of drug-likeness (QED) is 0.456. The Kier molecular flexibility index (Phi) is 7.10. The molecule has 1 saturated carbocycles. The molecular weight excluding hydrogens is 466 g/mol. The van der Waals surface area contributed by atoms with E-state index in [-0.39, 0.29) is 24.0 Å². The number of fused-ring (bicyclic) bond motifs is 1. The van der Waals surface area contributed by atoms with E-state index >= 15 is 0 Å². The van der Waals surface area contributed by atoms with E-state index < -0.39 is 0 Å². The predicted molar refractivity (Wildman–Crippen MR) is 134 cm³/mol. The third kappa shape index (κ3) is 5.71. The van der Waals surface area contributed by atoms with Gasteiger partial charge in [-0.1, -0.05) is 11.3 Å². The fourth-order valence-electron chi connectivity index (χ4n) is 4.53. The summed E-state index contributed by atoms with van der Waals surface area (Å²) >= 11 is 1.59. The van der Waals surface area contributed by atoms with Crippen molar-refractivity contribution in [2.45, 2.75) is 56.7 Å². The molecule has 5 rings (SSSR count). The van der Waals surface area contributed by atoms with Gasteiger partial charge in [0.05, 0.1) is 10.2 Å². The number of ether oxygens (including phenoxy) is 2. The van der Waals surface area contributed by atoms with Crippen LogP contribution in [0.5, 0.6) is 11.5 Å². The number of anilines is 1. The van der Waals surface area contributed by atoms with Crippen molar-refractivity contribution >= 4 is 38.5 Å². The Balaban J connectivity index is 1.16. The van der Waals surface area contributed by atoms with Crippen molar-refractivity contribution < 1.29 is 19.1 Å². The van der Waals surface area contributed by atoms with E-state index in [1.165, 1.54) is 0 Å². The number of amides is 2. The summed E-state index contributed by atoms with van der Waals surface area (Å²) in [6.45, 7) is 0.687. The van der Waals surface area contributed by atoms with E-state index in [2.05, 4.69) is 20.9 Å². The van der Waals surface area contributed by atoms with Crippen LogP contribution in [0.1, 0.15) is 49.0 Å². The number of carbonyl (C=O) groups is 2. The summed E-state index contributed by atoms with van der Waals surface area (Å²) in [5.74, 6) is 0.997. The summed E-state index contributed by atoms with van der Waals surface area (Å²) in [7, 11) is 1.57. The molecule has 0 spiro atoms. The molecule has 0 bridgehead atoms. The number of nitrogens with zero attached hydrogens (tertiary/aromatic N) is 2. The van der Waals surface area contributed by atoms with E-state index in [1.807, 2.05) is 18.2 Å². The average Bonchev–Trinajstić information content (AvgIpc) is 3.55. The molecule has 3 heterocycles. The van der Waals surface area contributed by atoms with Crippen molar-refractivity contribution in [3.05, 3.63) is 42.2 Å². The second kappa shape index (κ2) is 10.6. The van der Waals surface area contributed by atoms with Gasteiger partial charge in [0.25, 0.3) is 5.91 Å². The molecule has 1 aliphatic heterocycles. The van der Waals surface area contributed by atoms with Crippen LogP contribution >= 0.6 is 11.3 Å². The maximum atomic E-state index is 12.3.